The molecule has 7 nitrogen and oxygen atoms in total. The van der Waals surface area contributed by atoms with Crippen molar-refractivity contribution in [1.29, 1.82) is 0 Å². The van der Waals surface area contributed by atoms with Crippen LogP contribution >= 0.6 is 0 Å². The van der Waals surface area contributed by atoms with Crippen LogP contribution in [0.25, 0.3) is 0 Å². The Morgan fingerprint density at radius 1 is 1.13 bits per heavy atom. The van der Waals surface area contributed by atoms with Crippen molar-refractivity contribution in [2.24, 2.45) is 0 Å². The van der Waals surface area contributed by atoms with E-state index < -0.39 is 9.84 Å². The van der Waals surface area contributed by atoms with Crippen molar-refractivity contribution in [2.45, 2.75) is 31.0 Å². The van der Waals surface area contributed by atoms with Gasteiger partial charge in [-0.1, -0.05) is 36.4 Å². The Labute approximate surface area is 177 Å². The number of aromatic nitrogens is 2. The maximum Gasteiger partial charge on any atom is 0.317 e. The molecule has 1 heterocycles. The number of carbonyl (C=O) groups is 1. The first-order valence-electron chi connectivity index (χ1n) is 9.60. The van der Waals surface area contributed by atoms with Crippen molar-refractivity contribution >= 4 is 15.9 Å². The third-order valence-corrected chi connectivity index (χ3v) is 6.16. The molecule has 1 unspecified atom stereocenters. The Morgan fingerprint density at radius 3 is 2.47 bits per heavy atom. The van der Waals surface area contributed by atoms with Gasteiger partial charge in [0.25, 0.3) is 0 Å². The average molecular weight is 427 g/mol. The average Bonchev–Trinajstić information content (AvgIpc) is 3.23. The van der Waals surface area contributed by atoms with Crippen LogP contribution in [0.5, 0.6) is 0 Å². The SMILES string of the molecule is CC(c1ccc(S(C)(=O)=O)cc1)N(C)C(=O)NCc1cccc(Cn2cccn2)c1. The predicted molar refractivity (Wildman–Crippen MR) is 116 cm³/mol. The number of nitrogens with zero attached hydrogens (tertiary/aromatic N) is 3. The summed E-state index contributed by atoms with van der Waals surface area (Å²) in [5, 5.41) is 7.15. The van der Waals surface area contributed by atoms with Gasteiger partial charge in [-0.15, -0.1) is 0 Å². The van der Waals surface area contributed by atoms with Gasteiger partial charge in [0, 0.05) is 32.2 Å². The largest absolute Gasteiger partial charge is 0.334 e. The van der Waals surface area contributed by atoms with Gasteiger partial charge >= 0.3 is 6.03 Å². The third kappa shape index (κ3) is 5.48. The summed E-state index contributed by atoms with van der Waals surface area (Å²) in [5.74, 6) is 0. The number of amides is 2. The highest BCUT2D eigenvalue weighted by Crippen LogP contribution is 2.21. The summed E-state index contributed by atoms with van der Waals surface area (Å²) in [6.45, 7) is 2.99. The Morgan fingerprint density at radius 2 is 1.83 bits per heavy atom. The molecule has 2 amide bonds. The lowest BCUT2D eigenvalue weighted by Crippen LogP contribution is -2.38. The maximum absolute atomic E-state index is 12.6. The number of carbonyl (C=O) groups excluding carboxylic acids is 1. The standard InChI is InChI=1S/C22H26N4O3S/c1-17(20-8-10-21(11-9-20)30(3,28)29)25(2)22(27)23-15-18-6-4-7-19(14-18)16-26-13-5-12-24-26/h4-14,17H,15-16H2,1-3H3,(H,23,27). The molecule has 0 fully saturated rings. The van der Waals surface area contributed by atoms with Gasteiger partial charge in [0.15, 0.2) is 9.84 Å². The summed E-state index contributed by atoms with van der Waals surface area (Å²) < 4.78 is 25.1. The summed E-state index contributed by atoms with van der Waals surface area (Å²) in [5.41, 5.74) is 2.98. The van der Waals surface area contributed by atoms with E-state index in [1.54, 1.807) is 42.4 Å². The normalized spacial score (nSPS) is 12.4. The van der Waals surface area contributed by atoms with Crippen LogP contribution in [0.4, 0.5) is 4.79 Å². The van der Waals surface area contributed by atoms with Gasteiger partial charge in [0.2, 0.25) is 0 Å². The van der Waals surface area contributed by atoms with E-state index in [0.717, 1.165) is 16.7 Å². The lowest BCUT2D eigenvalue weighted by molar-refractivity contribution is 0.194. The molecule has 0 saturated carbocycles. The fourth-order valence-corrected chi connectivity index (χ4v) is 3.74. The van der Waals surface area contributed by atoms with Crippen LogP contribution in [0.1, 0.15) is 29.7 Å². The molecule has 158 valence electrons. The molecular weight excluding hydrogens is 400 g/mol. The molecule has 30 heavy (non-hydrogen) atoms. The number of benzene rings is 2. The van der Waals surface area contributed by atoms with E-state index in [1.807, 2.05) is 42.1 Å². The van der Waals surface area contributed by atoms with Crippen molar-refractivity contribution in [3.63, 3.8) is 0 Å². The Balaban J connectivity index is 1.59. The van der Waals surface area contributed by atoms with Gasteiger partial charge in [-0.25, -0.2) is 13.2 Å². The lowest BCUT2D eigenvalue weighted by atomic mass is 10.1. The van der Waals surface area contributed by atoms with E-state index in [2.05, 4.69) is 16.5 Å². The van der Waals surface area contributed by atoms with E-state index in [0.29, 0.717) is 13.1 Å². The first kappa shape index (κ1) is 21.6. The lowest BCUT2D eigenvalue weighted by Gasteiger charge is -2.26. The fraction of sp³-hybridized carbons (Fsp3) is 0.273. The molecule has 1 aromatic heterocycles. The van der Waals surface area contributed by atoms with Crippen LogP contribution < -0.4 is 5.32 Å². The minimum absolute atomic E-state index is 0.202. The van der Waals surface area contributed by atoms with E-state index in [4.69, 9.17) is 0 Å². The molecule has 0 aliphatic rings. The summed E-state index contributed by atoms with van der Waals surface area (Å²) in [4.78, 5) is 14.5. The number of hydrogen-bond donors (Lipinski definition) is 1. The molecule has 1 atom stereocenters. The zero-order valence-corrected chi connectivity index (χ0v) is 18.1. The first-order chi connectivity index (χ1) is 14.2. The molecule has 0 aliphatic heterocycles. The number of nitrogens with one attached hydrogen (secondary N) is 1. The zero-order chi connectivity index (χ0) is 21.7. The van der Waals surface area contributed by atoms with Crippen molar-refractivity contribution in [2.75, 3.05) is 13.3 Å². The molecule has 8 heteroatoms. The van der Waals surface area contributed by atoms with E-state index in [1.165, 1.54) is 6.26 Å². The number of sulfone groups is 1. The molecule has 0 radical (unpaired) electrons. The maximum atomic E-state index is 12.6. The van der Waals surface area contributed by atoms with Crippen LogP contribution in [0.15, 0.2) is 71.9 Å². The predicted octanol–water partition coefficient (Wildman–Crippen LogP) is 3.24. The Hall–Kier alpha value is -3.13. The minimum Gasteiger partial charge on any atom is -0.334 e. The number of hydrogen-bond acceptors (Lipinski definition) is 4. The van der Waals surface area contributed by atoms with Crippen molar-refractivity contribution < 1.29 is 13.2 Å². The third-order valence-electron chi connectivity index (χ3n) is 5.03. The first-order valence-corrected chi connectivity index (χ1v) is 11.5. The molecule has 3 aromatic rings. The van der Waals surface area contributed by atoms with Crippen LogP contribution in [-0.4, -0.2) is 42.4 Å². The second-order valence-electron chi connectivity index (χ2n) is 7.31. The summed E-state index contributed by atoms with van der Waals surface area (Å²) in [6, 6.07) is 16.1. The monoisotopic (exact) mass is 426 g/mol. The summed E-state index contributed by atoms with van der Waals surface area (Å²) >= 11 is 0. The van der Waals surface area contributed by atoms with Gasteiger partial charge in [-0.05, 0) is 41.8 Å². The molecule has 0 bridgehead atoms. The van der Waals surface area contributed by atoms with E-state index >= 15 is 0 Å². The summed E-state index contributed by atoms with van der Waals surface area (Å²) in [7, 11) is -1.52. The number of rotatable bonds is 7. The fourth-order valence-electron chi connectivity index (χ4n) is 3.11. The van der Waals surface area contributed by atoms with Gasteiger partial charge in [0.05, 0.1) is 17.5 Å². The quantitative estimate of drug-likeness (QED) is 0.629. The summed E-state index contributed by atoms with van der Waals surface area (Å²) in [6.07, 6.45) is 4.83. The van der Waals surface area contributed by atoms with Crippen LogP contribution in [0.3, 0.4) is 0 Å². The Bertz CT molecular complexity index is 1090. The molecule has 1 N–H and O–H groups in total. The highest BCUT2D eigenvalue weighted by Gasteiger charge is 2.18. The Kier molecular flexibility index (Phi) is 6.56. The van der Waals surface area contributed by atoms with Crippen LogP contribution in [-0.2, 0) is 22.9 Å². The molecule has 0 aliphatic carbocycles. The second-order valence-corrected chi connectivity index (χ2v) is 9.33. The van der Waals surface area contributed by atoms with Gasteiger partial charge in [-0.3, -0.25) is 4.68 Å². The molecule has 0 spiro atoms. The minimum atomic E-state index is -3.24. The van der Waals surface area contributed by atoms with Gasteiger partial charge < -0.3 is 10.2 Å². The molecule has 0 saturated heterocycles. The van der Waals surface area contributed by atoms with Crippen LogP contribution in [0, 0.1) is 0 Å². The van der Waals surface area contributed by atoms with Gasteiger partial charge in [-0.2, -0.15) is 5.10 Å². The van der Waals surface area contributed by atoms with Crippen molar-refractivity contribution in [3.8, 4) is 0 Å². The van der Waals surface area contributed by atoms with Crippen LogP contribution in [0.2, 0.25) is 0 Å². The van der Waals surface area contributed by atoms with Gasteiger partial charge in [0.1, 0.15) is 0 Å². The highest BCUT2D eigenvalue weighted by molar-refractivity contribution is 7.90. The van der Waals surface area contributed by atoms with Crippen molar-refractivity contribution in [1.82, 2.24) is 20.0 Å². The van der Waals surface area contributed by atoms with E-state index in [-0.39, 0.29) is 17.0 Å². The van der Waals surface area contributed by atoms with E-state index in [9.17, 15) is 13.2 Å². The number of urea groups is 1. The molecular formula is C22H26N4O3S. The highest BCUT2D eigenvalue weighted by atomic mass is 32.2. The van der Waals surface area contributed by atoms with Crippen molar-refractivity contribution in [3.05, 3.63) is 83.7 Å². The smallest absolute Gasteiger partial charge is 0.317 e. The molecule has 3 rings (SSSR count). The topological polar surface area (TPSA) is 84.3 Å². The second kappa shape index (κ2) is 9.13. The zero-order valence-electron chi connectivity index (χ0n) is 17.3. The molecule has 2 aromatic carbocycles.